The van der Waals surface area contributed by atoms with Crippen molar-refractivity contribution in [3.63, 3.8) is 0 Å². The Hall–Kier alpha value is -3.68. The van der Waals surface area contributed by atoms with Crippen molar-refractivity contribution in [1.82, 2.24) is 15.1 Å². The van der Waals surface area contributed by atoms with Crippen molar-refractivity contribution in [2.75, 3.05) is 20.3 Å². The quantitative estimate of drug-likeness (QED) is 0.517. The molecular formula is C22H25N3O5. The van der Waals surface area contributed by atoms with Gasteiger partial charge in [-0.3, -0.25) is 0 Å². The monoisotopic (exact) mass is 411 g/mol. The number of methoxy groups -OCH3 is 1. The molecule has 0 saturated carbocycles. The number of carbonyl (C=O) groups is 1. The van der Waals surface area contributed by atoms with E-state index in [2.05, 4.69) is 10.4 Å². The van der Waals surface area contributed by atoms with E-state index in [0.717, 1.165) is 22.7 Å². The fraction of sp³-hybridized carbons (Fsp3) is 0.273. The van der Waals surface area contributed by atoms with Crippen molar-refractivity contribution in [3.8, 4) is 34.3 Å². The molecule has 0 aliphatic carbocycles. The summed E-state index contributed by atoms with van der Waals surface area (Å²) in [5, 5.41) is 15.5. The highest BCUT2D eigenvalue weighted by molar-refractivity contribution is 5.65. The largest absolute Gasteiger partial charge is 0.497 e. The number of amides is 1. The van der Waals surface area contributed by atoms with Gasteiger partial charge in [0.2, 0.25) is 5.88 Å². The van der Waals surface area contributed by atoms with Crippen LogP contribution in [0.5, 0.6) is 17.4 Å². The molecule has 0 unspecified atom stereocenters. The van der Waals surface area contributed by atoms with Gasteiger partial charge < -0.3 is 24.6 Å². The first-order chi connectivity index (χ1) is 14.5. The molecule has 3 aromatic rings. The lowest BCUT2D eigenvalue weighted by molar-refractivity contribution is 0.191. The Balaban J connectivity index is 1.84. The van der Waals surface area contributed by atoms with Gasteiger partial charge in [0.15, 0.2) is 0 Å². The number of nitrogens with one attached hydrogen (secondary N) is 1. The molecule has 2 N–H and O–H groups in total. The summed E-state index contributed by atoms with van der Waals surface area (Å²) in [5.41, 5.74) is 2.69. The SMILES string of the molecule is COc1ccc(-n2nc(OC(C)C)cc2-c2ccc(OCCNC(=O)O)cc2)cc1. The Morgan fingerprint density at radius 1 is 1.10 bits per heavy atom. The molecule has 158 valence electrons. The molecule has 0 radical (unpaired) electrons. The minimum atomic E-state index is -1.07. The average Bonchev–Trinajstić information content (AvgIpc) is 3.14. The third-order valence-corrected chi connectivity index (χ3v) is 4.16. The molecule has 1 amide bonds. The van der Waals surface area contributed by atoms with Crippen LogP contribution in [0.2, 0.25) is 0 Å². The zero-order chi connectivity index (χ0) is 21.5. The summed E-state index contributed by atoms with van der Waals surface area (Å²) in [6.45, 7) is 4.38. The Morgan fingerprint density at radius 3 is 2.37 bits per heavy atom. The molecule has 0 fully saturated rings. The van der Waals surface area contributed by atoms with Gasteiger partial charge in [0.25, 0.3) is 0 Å². The molecule has 0 aliphatic heterocycles. The molecular weight excluding hydrogens is 386 g/mol. The number of ether oxygens (including phenoxy) is 3. The smallest absolute Gasteiger partial charge is 0.404 e. The van der Waals surface area contributed by atoms with E-state index in [0.29, 0.717) is 11.6 Å². The van der Waals surface area contributed by atoms with Gasteiger partial charge in [0, 0.05) is 11.6 Å². The fourth-order valence-electron chi connectivity index (χ4n) is 2.83. The summed E-state index contributed by atoms with van der Waals surface area (Å²) >= 11 is 0. The first kappa shape index (κ1) is 21.0. The van der Waals surface area contributed by atoms with Gasteiger partial charge in [-0.2, -0.15) is 0 Å². The molecule has 30 heavy (non-hydrogen) atoms. The molecule has 0 aliphatic rings. The van der Waals surface area contributed by atoms with Crippen LogP contribution in [0.4, 0.5) is 4.79 Å². The third kappa shape index (κ3) is 5.44. The molecule has 8 heteroatoms. The number of rotatable bonds is 9. The predicted octanol–water partition coefficient (Wildman–Crippen LogP) is 3.98. The first-order valence-electron chi connectivity index (χ1n) is 9.57. The van der Waals surface area contributed by atoms with Crippen LogP contribution in [0.3, 0.4) is 0 Å². The Bertz CT molecular complexity index is 965. The van der Waals surface area contributed by atoms with E-state index in [1.807, 2.05) is 73.1 Å². The fourth-order valence-corrected chi connectivity index (χ4v) is 2.83. The van der Waals surface area contributed by atoms with Crippen LogP contribution in [0.15, 0.2) is 54.6 Å². The van der Waals surface area contributed by atoms with Gasteiger partial charge in [0.1, 0.15) is 18.1 Å². The highest BCUT2D eigenvalue weighted by Crippen LogP contribution is 2.29. The van der Waals surface area contributed by atoms with Crippen LogP contribution in [-0.4, -0.2) is 47.3 Å². The molecule has 1 heterocycles. The summed E-state index contributed by atoms with van der Waals surface area (Å²) < 4.78 is 18.4. The molecule has 0 atom stereocenters. The number of carboxylic acid groups (broad SMARTS) is 1. The van der Waals surface area contributed by atoms with E-state index in [-0.39, 0.29) is 19.3 Å². The second kappa shape index (κ2) is 9.69. The summed E-state index contributed by atoms with van der Waals surface area (Å²) in [6, 6.07) is 17.1. The molecule has 1 aromatic heterocycles. The summed E-state index contributed by atoms with van der Waals surface area (Å²) in [5.74, 6) is 1.96. The highest BCUT2D eigenvalue weighted by atomic mass is 16.5. The third-order valence-electron chi connectivity index (χ3n) is 4.16. The lowest BCUT2D eigenvalue weighted by atomic mass is 10.1. The second-order valence-corrected chi connectivity index (χ2v) is 6.75. The molecule has 8 nitrogen and oxygen atoms in total. The summed E-state index contributed by atoms with van der Waals surface area (Å²) in [7, 11) is 1.63. The minimum Gasteiger partial charge on any atom is -0.497 e. The zero-order valence-electron chi connectivity index (χ0n) is 17.2. The standard InChI is InChI=1S/C22H25N3O5/c1-15(2)30-21-14-20(25(24-21)17-6-10-18(28-3)11-7-17)16-4-8-19(9-5-16)29-13-12-23-22(26)27/h4-11,14-15,23H,12-13H2,1-3H3,(H,26,27). The van der Waals surface area contributed by atoms with E-state index >= 15 is 0 Å². The number of benzene rings is 2. The Labute approximate surface area is 175 Å². The van der Waals surface area contributed by atoms with Crippen molar-refractivity contribution >= 4 is 6.09 Å². The normalized spacial score (nSPS) is 10.7. The highest BCUT2D eigenvalue weighted by Gasteiger charge is 2.14. The average molecular weight is 411 g/mol. The van der Waals surface area contributed by atoms with E-state index in [1.165, 1.54) is 0 Å². The lowest BCUT2D eigenvalue weighted by Gasteiger charge is -2.10. The van der Waals surface area contributed by atoms with Crippen LogP contribution in [0.25, 0.3) is 16.9 Å². The second-order valence-electron chi connectivity index (χ2n) is 6.75. The van der Waals surface area contributed by atoms with Gasteiger partial charge in [-0.05, 0) is 62.4 Å². The molecule has 3 rings (SSSR count). The lowest BCUT2D eigenvalue weighted by Crippen LogP contribution is -2.26. The first-order valence-corrected chi connectivity index (χ1v) is 9.57. The maximum absolute atomic E-state index is 10.5. The summed E-state index contributed by atoms with van der Waals surface area (Å²) in [6.07, 6.45) is -1.06. The van der Waals surface area contributed by atoms with Crippen molar-refractivity contribution in [1.29, 1.82) is 0 Å². The van der Waals surface area contributed by atoms with E-state index < -0.39 is 6.09 Å². The minimum absolute atomic E-state index is 0.00672. The molecule has 0 bridgehead atoms. The van der Waals surface area contributed by atoms with Gasteiger partial charge in [0.05, 0.1) is 31.1 Å². The van der Waals surface area contributed by atoms with Crippen LogP contribution in [0.1, 0.15) is 13.8 Å². The topological polar surface area (TPSA) is 94.8 Å². The number of hydrogen-bond donors (Lipinski definition) is 2. The van der Waals surface area contributed by atoms with Crippen LogP contribution in [-0.2, 0) is 0 Å². The van der Waals surface area contributed by atoms with Crippen LogP contribution in [0, 0.1) is 0 Å². The Morgan fingerprint density at radius 2 is 1.77 bits per heavy atom. The van der Waals surface area contributed by atoms with Crippen molar-refractivity contribution in [3.05, 3.63) is 54.6 Å². The maximum atomic E-state index is 10.5. The van der Waals surface area contributed by atoms with Crippen LogP contribution < -0.4 is 19.5 Å². The maximum Gasteiger partial charge on any atom is 0.404 e. The van der Waals surface area contributed by atoms with Gasteiger partial charge >= 0.3 is 6.09 Å². The predicted molar refractivity (Wildman–Crippen MR) is 113 cm³/mol. The van der Waals surface area contributed by atoms with Crippen molar-refractivity contribution in [2.24, 2.45) is 0 Å². The Kier molecular flexibility index (Phi) is 6.79. The van der Waals surface area contributed by atoms with Gasteiger partial charge in [-0.25, -0.2) is 9.48 Å². The van der Waals surface area contributed by atoms with Gasteiger partial charge in [-0.15, -0.1) is 5.10 Å². The van der Waals surface area contributed by atoms with Crippen LogP contribution >= 0.6 is 0 Å². The molecule has 2 aromatic carbocycles. The van der Waals surface area contributed by atoms with Crippen molar-refractivity contribution in [2.45, 2.75) is 20.0 Å². The van der Waals surface area contributed by atoms with Gasteiger partial charge in [-0.1, -0.05) is 0 Å². The van der Waals surface area contributed by atoms with E-state index in [9.17, 15) is 4.79 Å². The van der Waals surface area contributed by atoms with E-state index in [4.69, 9.17) is 19.3 Å². The van der Waals surface area contributed by atoms with E-state index in [1.54, 1.807) is 7.11 Å². The number of nitrogens with zero attached hydrogens (tertiary/aromatic N) is 2. The van der Waals surface area contributed by atoms with Crippen molar-refractivity contribution < 1.29 is 24.1 Å². The molecule has 0 spiro atoms. The number of aromatic nitrogens is 2. The molecule has 0 saturated heterocycles. The summed E-state index contributed by atoms with van der Waals surface area (Å²) in [4.78, 5) is 10.5. The zero-order valence-corrected chi connectivity index (χ0v) is 17.2. The number of hydrogen-bond acceptors (Lipinski definition) is 5.